The van der Waals surface area contributed by atoms with E-state index in [2.05, 4.69) is 22.4 Å². The van der Waals surface area contributed by atoms with Crippen LogP contribution < -0.4 is 5.32 Å². The summed E-state index contributed by atoms with van der Waals surface area (Å²) in [5.74, 6) is 0.399. The molecule has 0 radical (unpaired) electrons. The molecule has 1 fully saturated rings. The SMILES string of the molecule is Clc1ccc([C@H]2NCCC[C@@H]2c2cccc(Cl)c2)nc1. The molecule has 0 unspecified atom stereocenters. The minimum absolute atomic E-state index is 0.222. The Morgan fingerprint density at radius 2 is 2.00 bits per heavy atom. The van der Waals surface area contributed by atoms with Gasteiger partial charge in [-0.3, -0.25) is 4.98 Å². The molecule has 0 amide bonds. The first-order valence-electron chi connectivity index (χ1n) is 6.84. The number of nitrogens with one attached hydrogen (secondary N) is 1. The van der Waals surface area contributed by atoms with Crippen LogP contribution in [0.4, 0.5) is 0 Å². The molecule has 1 aromatic heterocycles. The molecule has 3 rings (SSSR count). The van der Waals surface area contributed by atoms with Crippen molar-refractivity contribution in [2.24, 2.45) is 0 Å². The first-order chi connectivity index (χ1) is 9.74. The molecule has 1 aromatic carbocycles. The van der Waals surface area contributed by atoms with Gasteiger partial charge in [0.2, 0.25) is 0 Å². The minimum atomic E-state index is 0.222. The summed E-state index contributed by atoms with van der Waals surface area (Å²) in [5.41, 5.74) is 2.31. The Bertz CT molecular complexity index is 583. The lowest BCUT2D eigenvalue weighted by atomic mass is 9.83. The molecule has 104 valence electrons. The minimum Gasteiger partial charge on any atom is -0.308 e. The quantitative estimate of drug-likeness (QED) is 0.877. The van der Waals surface area contributed by atoms with Gasteiger partial charge in [0.05, 0.1) is 16.8 Å². The summed E-state index contributed by atoms with van der Waals surface area (Å²) in [6.07, 6.45) is 4.02. The Kier molecular flexibility index (Phi) is 4.25. The van der Waals surface area contributed by atoms with Crippen molar-refractivity contribution in [1.82, 2.24) is 10.3 Å². The number of aromatic nitrogens is 1. The molecule has 0 bridgehead atoms. The van der Waals surface area contributed by atoms with Crippen LogP contribution in [0.3, 0.4) is 0 Å². The highest BCUT2D eigenvalue weighted by atomic mass is 35.5. The van der Waals surface area contributed by atoms with E-state index in [1.807, 2.05) is 24.3 Å². The summed E-state index contributed by atoms with van der Waals surface area (Å²) in [4.78, 5) is 4.47. The van der Waals surface area contributed by atoms with Gasteiger partial charge in [-0.25, -0.2) is 0 Å². The summed E-state index contributed by atoms with van der Waals surface area (Å²) in [6.45, 7) is 1.02. The zero-order chi connectivity index (χ0) is 13.9. The van der Waals surface area contributed by atoms with E-state index < -0.39 is 0 Å². The van der Waals surface area contributed by atoms with Gasteiger partial charge >= 0.3 is 0 Å². The zero-order valence-electron chi connectivity index (χ0n) is 11.0. The van der Waals surface area contributed by atoms with E-state index in [-0.39, 0.29) is 6.04 Å². The number of rotatable bonds is 2. The first-order valence-corrected chi connectivity index (χ1v) is 7.60. The van der Waals surface area contributed by atoms with Gasteiger partial charge in [0, 0.05) is 17.1 Å². The highest BCUT2D eigenvalue weighted by Gasteiger charge is 2.28. The van der Waals surface area contributed by atoms with E-state index in [9.17, 15) is 0 Å². The molecule has 4 heteroatoms. The average Bonchev–Trinajstić information content (AvgIpc) is 2.48. The molecule has 0 saturated carbocycles. The first kappa shape index (κ1) is 13.9. The van der Waals surface area contributed by atoms with Crippen LogP contribution >= 0.6 is 23.2 Å². The van der Waals surface area contributed by atoms with E-state index in [0.29, 0.717) is 10.9 Å². The molecule has 0 spiro atoms. The molecule has 2 atom stereocenters. The fourth-order valence-corrected chi connectivity index (χ4v) is 3.18. The predicted molar refractivity (Wildman–Crippen MR) is 83.4 cm³/mol. The summed E-state index contributed by atoms with van der Waals surface area (Å²) in [5, 5.41) is 5.03. The summed E-state index contributed by atoms with van der Waals surface area (Å²) in [7, 11) is 0. The van der Waals surface area contributed by atoms with Gasteiger partial charge in [0.1, 0.15) is 0 Å². The zero-order valence-corrected chi connectivity index (χ0v) is 12.5. The Balaban J connectivity index is 1.93. The Hall–Kier alpha value is -1.09. The number of hydrogen-bond acceptors (Lipinski definition) is 2. The van der Waals surface area contributed by atoms with E-state index in [1.54, 1.807) is 6.20 Å². The highest BCUT2D eigenvalue weighted by Crippen LogP contribution is 2.37. The maximum atomic E-state index is 6.13. The van der Waals surface area contributed by atoms with Gasteiger partial charge in [-0.15, -0.1) is 0 Å². The van der Waals surface area contributed by atoms with Crippen LogP contribution in [0.5, 0.6) is 0 Å². The molecule has 2 heterocycles. The van der Waals surface area contributed by atoms with Crippen LogP contribution in [-0.2, 0) is 0 Å². The fraction of sp³-hybridized carbons (Fsp3) is 0.312. The van der Waals surface area contributed by atoms with Crippen molar-refractivity contribution < 1.29 is 0 Å². The standard InChI is InChI=1S/C16H16Cl2N2/c17-12-4-1-3-11(9-12)14-5-2-8-19-16(14)15-7-6-13(18)10-20-15/h1,3-4,6-7,9-10,14,16,19H,2,5,8H2/t14-,16+/m1/s1. The van der Waals surface area contributed by atoms with Gasteiger partial charge in [0.15, 0.2) is 0 Å². The number of piperidine rings is 1. The van der Waals surface area contributed by atoms with Gasteiger partial charge in [-0.05, 0) is 49.2 Å². The Morgan fingerprint density at radius 3 is 2.75 bits per heavy atom. The molecule has 1 N–H and O–H groups in total. The van der Waals surface area contributed by atoms with E-state index in [4.69, 9.17) is 23.2 Å². The van der Waals surface area contributed by atoms with Crippen molar-refractivity contribution in [1.29, 1.82) is 0 Å². The van der Waals surface area contributed by atoms with E-state index in [0.717, 1.165) is 23.7 Å². The number of benzene rings is 1. The molecule has 2 nitrogen and oxygen atoms in total. The monoisotopic (exact) mass is 306 g/mol. The molecule has 1 saturated heterocycles. The second-order valence-electron chi connectivity index (χ2n) is 5.14. The topological polar surface area (TPSA) is 24.9 Å². The van der Waals surface area contributed by atoms with Crippen LogP contribution in [0.1, 0.15) is 36.1 Å². The number of pyridine rings is 1. The average molecular weight is 307 g/mol. The lowest BCUT2D eigenvalue weighted by molar-refractivity contribution is 0.352. The molecule has 1 aliphatic heterocycles. The van der Waals surface area contributed by atoms with Crippen LogP contribution in [0.15, 0.2) is 42.6 Å². The summed E-state index contributed by atoms with van der Waals surface area (Å²) < 4.78 is 0. The molecule has 2 aromatic rings. The van der Waals surface area contributed by atoms with Crippen molar-refractivity contribution >= 4 is 23.2 Å². The summed E-state index contributed by atoms with van der Waals surface area (Å²) >= 11 is 12.0. The maximum absolute atomic E-state index is 6.13. The van der Waals surface area contributed by atoms with Gasteiger partial charge in [-0.2, -0.15) is 0 Å². The maximum Gasteiger partial charge on any atom is 0.0589 e. The fourth-order valence-electron chi connectivity index (χ4n) is 2.87. The van der Waals surface area contributed by atoms with Gasteiger partial charge in [0.25, 0.3) is 0 Å². The third-order valence-corrected chi connectivity index (χ3v) is 4.26. The normalized spacial score (nSPS) is 22.7. The van der Waals surface area contributed by atoms with E-state index in [1.165, 1.54) is 12.0 Å². The summed E-state index contributed by atoms with van der Waals surface area (Å²) in [6, 6.07) is 12.3. The number of nitrogens with zero attached hydrogens (tertiary/aromatic N) is 1. The smallest absolute Gasteiger partial charge is 0.0589 e. The van der Waals surface area contributed by atoms with Crippen LogP contribution in [0.25, 0.3) is 0 Å². The second-order valence-corrected chi connectivity index (χ2v) is 6.01. The highest BCUT2D eigenvalue weighted by molar-refractivity contribution is 6.30. The number of halogens is 2. The van der Waals surface area contributed by atoms with E-state index >= 15 is 0 Å². The Labute approximate surface area is 129 Å². The molecule has 1 aliphatic rings. The van der Waals surface area contributed by atoms with Crippen molar-refractivity contribution in [3.8, 4) is 0 Å². The van der Waals surface area contributed by atoms with Crippen LogP contribution in [0, 0.1) is 0 Å². The molecular weight excluding hydrogens is 291 g/mol. The lowest BCUT2D eigenvalue weighted by Gasteiger charge is -2.32. The second kappa shape index (κ2) is 6.13. The molecule has 0 aliphatic carbocycles. The molecule has 20 heavy (non-hydrogen) atoms. The van der Waals surface area contributed by atoms with Crippen LogP contribution in [-0.4, -0.2) is 11.5 Å². The van der Waals surface area contributed by atoms with Crippen molar-refractivity contribution in [2.75, 3.05) is 6.54 Å². The lowest BCUT2D eigenvalue weighted by Crippen LogP contribution is -2.33. The largest absolute Gasteiger partial charge is 0.308 e. The van der Waals surface area contributed by atoms with Crippen molar-refractivity contribution in [2.45, 2.75) is 24.8 Å². The molecular formula is C16H16Cl2N2. The van der Waals surface area contributed by atoms with Crippen molar-refractivity contribution in [3.63, 3.8) is 0 Å². The van der Waals surface area contributed by atoms with Gasteiger partial charge in [-0.1, -0.05) is 35.3 Å². The predicted octanol–water partition coefficient (Wildman–Crippen LogP) is 4.60. The third-order valence-electron chi connectivity index (χ3n) is 3.80. The van der Waals surface area contributed by atoms with Crippen LogP contribution in [0.2, 0.25) is 10.0 Å². The number of hydrogen-bond donors (Lipinski definition) is 1. The Morgan fingerprint density at radius 1 is 1.10 bits per heavy atom. The van der Waals surface area contributed by atoms with Crippen molar-refractivity contribution in [3.05, 3.63) is 63.9 Å². The third kappa shape index (κ3) is 2.98. The van der Waals surface area contributed by atoms with Gasteiger partial charge < -0.3 is 5.32 Å².